The number of thiophene rings is 3. The Morgan fingerprint density at radius 1 is 0.384 bits per heavy atom. The van der Waals surface area contributed by atoms with Gasteiger partial charge in [-0.05, 0) is 84.7 Å². The molecule has 0 spiro atoms. The van der Waals surface area contributed by atoms with Crippen molar-refractivity contribution in [2.24, 2.45) is 11.8 Å². The molecule has 0 fully saturated rings. The molecule has 2 atom stereocenters. The Morgan fingerprint density at radius 3 is 1.10 bits per heavy atom. The van der Waals surface area contributed by atoms with Crippen LogP contribution in [-0.2, 0) is 20.4 Å². The van der Waals surface area contributed by atoms with Gasteiger partial charge in [0.15, 0.2) is 0 Å². The minimum absolute atomic E-state index is 0.00607. The van der Waals surface area contributed by atoms with E-state index in [0.29, 0.717) is 11.8 Å². The highest BCUT2D eigenvalue weighted by molar-refractivity contribution is 7.23. The fourth-order valence-corrected chi connectivity index (χ4v) is 14.9. The van der Waals surface area contributed by atoms with Crippen LogP contribution in [-0.4, -0.2) is 24.9 Å². The number of carbonyl (C=O) groups excluding carboxylic acids is 2. The summed E-state index contributed by atoms with van der Waals surface area (Å²) in [6.07, 6.45) is 29.9. The molecule has 7 rings (SSSR count). The number of hydrogen-bond acceptors (Lipinski definition) is 5. The third-order valence-corrected chi connectivity index (χ3v) is 20.3. The standard InChI is InChI=1S/C66H94N2O2S3/c1-11-15-19-23-25-29-33-47(31-27-21-17-13-3)45-67-61-49-36-38-52-60(56-42-44-58(73-56)66(8,9)10)64(70)68(46-48(32-28-22-18-14-4)34-30-26-24-20-16-12-2)62(52)50(49)35-37-51(61)59(63(67)69)55-40-39-53(71-55)54-41-43-57(72-54)65(5,6)7/h35-44,47-48H,11-34,45-46H2,1-10H3. The minimum Gasteiger partial charge on any atom is -0.307 e. The quantitative estimate of drug-likeness (QED) is 0.0415. The molecule has 2 unspecified atom stereocenters. The molecule has 7 heteroatoms. The molecule has 5 aromatic rings. The highest BCUT2D eigenvalue weighted by Gasteiger charge is 2.38. The highest BCUT2D eigenvalue weighted by Crippen LogP contribution is 2.44. The lowest BCUT2D eigenvalue weighted by Gasteiger charge is -2.28. The van der Waals surface area contributed by atoms with Crippen LogP contribution < -0.4 is 20.2 Å². The van der Waals surface area contributed by atoms with Gasteiger partial charge in [0, 0.05) is 63.6 Å². The third kappa shape index (κ3) is 14.3. The van der Waals surface area contributed by atoms with Crippen molar-refractivity contribution >= 4 is 79.1 Å². The zero-order valence-corrected chi connectivity index (χ0v) is 49.7. The zero-order valence-electron chi connectivity index (χ0n) is 47.2. The van der Waals surface area contributed by atoms with Gasteiger partial charge in [0.05, 0.1) is 22.5 Å². The highest BCUT2D eigenvalue weighted by atomic mass is 32.1. The summed E-state index contributed by atoms with van der Waals surface area (Å²) in [5.41, 5.74) is 3.88. The van der Waals surface area contributed by atoms with Crippen LogP contribution in [0.1, 0.15) is 243 Å². The fourth-order valence-electron chi connectivity index (χ4n) is 11.6. The van der Waals surface area contributed by atoms with Gasteiger partial charge in [-0.1, -0.05) is 222 Å². The van der Waals surface area contributed by atoms with Crippen LogP contribution in [0.2, 0.25) is 0 Å². The number of benzene rings is 2. The predicted octanol–water partition coefficient (Wildman–Crippen LogP) is 19.1. The Hall–Kier alpha value is -3.52. The number of amides is 2. The molecule has 2 aromatic carbocycles. The molecule has 73 heavy (non-hydrogen) atoms. The van der Waals surface area contributed by atoms with E-state index in [1.54, 1.807) is 22.7 Å². The number of hydrogen-bond donors (Lipinski definition) is 0. The van der Waals surface area contributed by atoms with E-state index in [1.807, 2.05) is 11.3 Å². The molecular weight excluding hydrogens is 949 g/mol. The monoisotopic (exact) mass is 1040 g/mol. The summed E-state index contributed by atoms with van der Waals surface area (Å²) in [6, 6.07) is 22.5. The summed E-state index contributed by atoms with van der Waals surface area (Å²) in [4.78, 5) is 42.8. The molecule has 0 bridgehead atoms. The summed E-state index contributed by atoms with van der Waals surface area (Å²) in [5, 5.41) is 4.30. The summed E-state index contributed by atoms with van der Waals surface area (Å²) >= 11 is 5.42. The van der Waals surface area contributed by atoms with Crippen molar-refractivity contribution in [3.63, 3.8) is 0 Å². The van der Waals surface area contributed by atoms with Crippen LogP contribution in [0, 0.1) is 11.8 Å². The van der Waals surface area contributed by atoms with E-state index in [-0.39, 0.29) is 22.6 Å². The van der Waals surface area contributed by atoms with Gasteiger partial charge in [-0.3, -0.25) is 9.59 Å². The Morgan fingerprint density at radius 2 is 0.699 bits per heavy atom. The topological polar surface area (TPSA) is 40.6 Å². The number of fused-ring (bicyclic) bond motifs is 5. The van der Waals surface area contributed by atoms with Crippen LogP contribution in [0.25, 0.3) is 31.7 Å². The lowest BCUT2D eigenvalue weighted by atomic mass is 9.93. The predicted molar refractivity (Wildman–Crippen MR) is 323 cm³/mol. The number of anilines is 2. The van der Waals surface area contributed by atoms with E-state index in [9.17, 15) is 0 Å². The largest absolute Gasteiger partial charge is 0.307 e. The van der Waals surface area contributed by atoms with E-state index in [2.05, 4.69) is 140 Å². The van der Waals surface area contributed by atoms with Gasteiger partial charge < -0.3 is 9.80 Å². The van der Waals surface area contributed by atoms with Gasteiger partial charge in [0.25, 0.3) is 11.8 Å². The summed E-state index contributed by atoms with van der Waals surface area (Å²) in [5.74, 6) is 1.14. The normalized spacial score (nSPS) is 14.9. The van der Waals surface area contributed by atoms with E-state index < -0.39 is 0 Å². The lowest BCUT2D eigenvalue weighted by molar-refractivity contribution is -0.114. The lowest BCUT2D eigenvalue weighted by Crippen LogP contribution is -2.34. The Bertz CT molecular complexity index is 2700. The second-order valence-corrected chi connectivity index (χ2v) is 27.4. The Kier molecular flexibility index (Phi) is 21.1. The van der Waals surface area contributed by atoms with Crippen LogP contribution in [0.3, 0.4) is 0 Å². The second-order valence-electron chi connectivity index (χ2n) is 24.1. The van der Waals surface area contributed by atoms with Crippen LogP contribution >= 0.6 is 34.0 Å². The molecule has 5 heterocycles. The van der Waals surface area contributed by atoms with Gasteiger partial charge in [-0.25, -0.2) is 0 Å². The summed E-state index contributed by atoms with van der Waals surface area (Å²) < 4.78 is 0. The average Bonchev–Trinajstić information content (AvgIpc) is 4.22. The van der Waals surface area contributed by atoms with Crippen molar-refractivity contribution in [3.8, 4) is 9.75 Å². The molecule has 3 aromatic heterocycles. The van der Waals surface area contributed by atoms with Gasteiger partial charge in [0.1, 0.15) is 0 Å². The SMILES string of the molecule is CCCCCCCCC(CCCCCC)CN1C(=O)C(c2ccc(-c3ccc(C(C)(C)C)s3)s2)=c2ccc3c4c(ccc3c21)=C(c1ccc(C(C)(C)C)s1)C(=O)N4CC(CCCCCC)CCCCCCCC. The number of rotatable bonds is 31. The van der Waals surface area contributed by atoms with Gasteiger partial charge in [0.2, 0.25) is 0 Å². The van der Waals surface area contributed by atoms with E-state index in [4.69, 9.17) is 0 Å². The first-order valence-electron chi connectivity index (χ1n) is 29.5. The van der Waals surface area contributed by atoms with Crippen molar-refractivity contribution < 1.29 is 9.59 Å². The molecule has 0 saturated carbocycles. The van der Waals surface area contributed by atoms with E-state index in [1.165, 1.54) is 148 Å². The fraction of sp³-hybridized carbons (Fsp3) is 0.606. The second kappa shape index (κ2) is 27.0. The van der Waals surface area contributed by atoms with Crippen molar-refractivity contribution in [2.45, 2.75) is 234 Å². The number of carbonyl (C=O) groups is 2. The van der Waals surface area contributed by atoms with Gasteiger partial charge >= 0.3 is 0 Å². The minimum atomic E-state index is -0.00607. The van der Waals surface area contributed by atoms with Crippen molar-refractivity contribution in [2.75, 3.05) is 22.9 Å². The molecule has 0 radical (unpaired) electrons. The molecule has 2 aliphatic heterocycles. The molecule has 4 nitrogen and oxygen atoms in total. The molecule has 2 amide bonds. The molecule has 0 saturated heterocycles. The van der Waals surface area contributed by atoms with Gasteiger partial charge in [-0.2, -0.15) is 0 Å². The third-order valence-electron chi connectivity index (χ3n) is 15.9. The Balaban J connectivity index is 1.37. The number of nitrogens with zero attached hydrogens (tertiary/aromatic N) is 2. The molecule has 398 valence electrons. The summed E-state index contributed by atoms with van der Waals surface area (Å²) in [6.45, 7) is 24.3. The average molecular weight is 1040 g/mol. The molecule has 0 aliphatic carbocycles. The van der Waals surface area contributed by atoms with Crippen molar-refractivity contribution in [3.05, 3.63) is 90.6 Å². The summed E-state index contributed by atoms with van der Waals surface area (Å²) in [7, 11) is 0. The maximum atomic E-state index is 15.6. The van der Waals surface area contributed by atoms with Crippen LogP contribution in [0.5, 0.6) is 0 Å². The maximum Gasteiger partial charge on any atom is 0.260 e. The zero-order chi connectivity index (χ0) is 52.1. The molecule has 0 N–H and O–H groups in total. The molecular formula is C66H94N2O2S3. The number of unbranched alkanes of at least 4 members (excludes halogenated alkanes) is 16. The van der Waals surface area contributed by atoms with Crippen molar-refractivity contribution in [1.82, 2.24) is 0 Å². The van der Waals surface area contributed by atoms with E-state index >= 15 is 9.59 Å². The van der Waals surface area contributed by atoms with E-state index in [0.717, 1.165) is 92.3 Å². The van der Waals surface area contributed by atoms with Crippen LogP contribution in [0.4, 0.5) is 11.4 Å². The van der Waals surface area contributed by atoms with Gasteiger partial charge in [-0.15, -0.1) is 34.0 Å². The maximum absolute atomic E-state index is 15.6. The van der Waals surface area contributed by atoms with Crippen LogP contribution in [0.15, 0.2) is 60.7 Å². The first kappa shape index (κ1) is 57.2. The first-order valence-corrected chi connectivity index (χ1v) is 31.9. The first-order chi connectivity index (χ1) is 35.2. The molecule has 2 aliphatic rings. The van der Waals surface area contributed by atoms with Crippen molar-refractivity contribution in [1.29, 1.82) is 0 Å². The smallest absolute Gasteiger partial charge is 0.260 e. The Labute approximate surface area is 455 Å².